The maximum atomic E-state index is 12.8. The minimum atomic E-state index is -0.537. The summed E-state index contributed by atoms with van der Waals surface area (Å²) in [5.41, 5.74) is 0.506. The van der Waals surface area contributed by atoms with Crippen molar-refractivity contribution >= 4 is 11.8 Å². The number of hydrogen-bond donors (Lipinski definition) is 1. The summed E-state index contributed by atoms with van der Waals surface area (Å²) in [7, 11) is 0. The van der Waals surface area contributed by atoms with Gasteiger partial charge < -0.3 is 15.0 Å². The molecule has 3 rings (SSSR count). The van der Waals surface area contributed by atoms with Gasteiger partial charge in [-0.25, -0.2) is 14.4 Å². The van der Waals surface area contributed by atoms with Crippen molar-refractivity contribution in [2.45, 2.75) is 12.5 Å². The van der Waals surface area contributed by atoms with Gasteiger partial charge in [0.2, 0.25) is 5.91 Å². The molecular formula is C17H17FN4O3. The van der Waals surface area contributed by atoms with E-state index in [1.54, 1.807) is 29.2 Å². The molecule has 1 aromatic heterocycles. The molecule has 1 saturated heterocycles. The number of nitrogens with one attached hydrogen (secondary N) is 1. The van der Waals surface area contributed by atoms with E-state index in [9.17, 15) is 14.0 Å². The van der Waals surface area contributed by atoms with Crippen molar-refractivity contribution in [1.82, 2.24) is 20.2 Å². The average molecular weight is 344 g/mol. The van der Waals surface area contributed by atoms with Crippen LogP contribution in [0.3, 0.4) is 0 Å². The van der Waals surface area contributed by atoms with Crippen molar-refractivity contribution in [3.63, 3.8) is 0 Å². The standard InChI is InChI=1S/C17H17FN4O3/c18-13-8-20-17(21-9-13)25-14-6-7-22(11-14)15(23)10-19-16(24)12-4-2-1-3-5-12/h1-5,8-9,14H,6-7,10-11H2,(H,19,24). The molecule has 0 bridgehead atoms. The highest BCUT2D eigenvalue weighted by atomic mass is 19.1. The van der Waals surface area contributed by atoms with Crippen LogP contribution in [0.15, 0.2) is 42.7 Å². The second-order valence-corrected chi connectivity index (χ2v) is 5.60. The zero-order valence-corrected chi connectivity index (χ0v) is 13.4. The average Bonchev–Trinajstić information content (AvgIpc) is 3.10. The molecule has 1 aliphatic heterocycles. The van der Waals surface area contributed by atoms with E-state index in [1.807, 2.05) is 6.07 Å². The molecular weight excluding hydrogens is 327 g/mol. The number of ether oxygens (including phenoxy) is 1. The molecule has 25 heavy (non-hydrogen) atoms. The summed E-state index contributed by atoms with van der Waals surface area (Å²) >= 11 is 0. The Morgan fingerprint density at radius 1 is 1.24 bits per heavy atom. The molecule has 1 N–H and O–H groups in total. The fourth-order valence-corrected chi connectivity index (χ4v) is 2.52. The van der Waals surface area contributed by atoms with Crippen LogP contribution in [0.1, 0.15) is 16.8 Å². The quantitative estimate of drug-likeness (QED) is 0.876. The van der Waals surface area contributed by atoms with E-state index in [1.165, 1.54) is 0 Å². The van der Waals surface area contributed by atoms with Gasteiger partial charge in [0.25, 0.3) is 5.91 Å². The molecule has 2 heterocycles. The topological polar surface area (TPSA) is 84.4 Å². The van der Waals surface area contributed by atoms with Crippen LogP contribution < -0.4 is 10.1 Å². The molecule has 0 aliphatic carbocycles. The Labute approximate surface area is 143 Å². The van der Waals surface area contributed by atoms with Crippen molar-refractivity contribution in [2.24, 2.45) is 0 Å². The van der Waals surface area contributed by atoms with Crippen LogP contribution in [0.25, 0.3) is 0 Å². The summed E-state index contributed by atoms with van der Waals surface area (Å²) in [6.07, 6.45) is 2.43. The molecule has 1 atom stereocenters. The smallest absolute Gasteiger partial charge is 0.316 e. The van der Waals surface area contributed by atoms with E-state index in [2.05, 4.69) is 15.3 Å². The van der Waals surface area contributed by atoms with Crippen LogP contribution in [0.2, 0.25) is 0 Å². The molecule has 2 amide bonds. The first-order valence-corrected chi connectivity index (χ1v) is 7.87. The Kier molecular flexibility index (Phi) is 5.17. The lowest BCUT2D eigenvalue weighted by molar-refractivity contribution is -0.129. The molecule has 1 aromatic carbocycles. The monoisotopic (exact) mass is 344 g/mol. The normalized spacial score (nSPS) is 16.5. The predicted octanol–water partition coefficient (Wildman–Crippen LogP) is 1.03. The minimum absolute atomic E-state index is 0.0759. The van der Waals surface area contributed by atoms with Gasteiger partial charge in [-0.15, -0.1) is 0 Å². The highest BCUT2D eigenvalue weighted by Gasteiger charge is 2.28. The summed E-state index contributed by atoms with van der Waals surface area (Å²) in [5, 5.41) is 2.61. The van der Waals surface area contributed by atoms with Gasteiger partial charge in [0, 0.05) is 18.5 Å². The highest BCUT2D eigenvalue weighted by molar-refractivity contribution is 5.96. The van der Waals surface area contributed by atoms with Crippen molar-refractivity contribution in [1.29, 1.82) is 0 Å². The van der Waals surface area contributed by atoms with E-state index >= 15 is 0 Å². The van der Waals surface area contributed by atoms with Gasteiger partial charge in [-0.2, -0.15) is 0 Å². The molecule has 0 spiro atoms. The van der Waals surface area contributed by atoms with Gasteiger partial charge in [0.05, 0.1) is 25.5 Å². The van der Waals surface area contributed by atoms with E-state index in [-0.39, 0.29) is 30.5 Å². The minimum Gasteiger partial charge on any atom is -0.458 e. The Morgan fingerprint density at radius 2 is 1.96 bits per heavy atom. The Balaban J connectivity index is 1.46. The summed E-state index contributed by atoms with van der Waals surface area (Å²) in [4.78, 5) is 33.2. The maximum Gasteiger partial charge on any atom is 0.316 e. The van der Waals surface area contributed by atoms with Crippen LogP contribution in [-0.2, 0) is 4.79 Å². The van der Waals surface area contributed by atoms with Gasteiger partial charge in [-0.1, -0.05) is 18.2 Å². The SMILES string of the molecule is O=C(NCC(=O)N1CCC(Oc2ncc(F)cn2)C1)c1ccccc1. The number of rotatable bonds is 5. The van der Waals surface area contributed by atoms with E-state index in [4.69, 9.17) is 4.74 Å². The van der Waals surface area contributed by atoms with Crippen molar-refractivity contribution in [3.05, 3.63) is 54.1 Å². The fraction of sp³-hybridized carbons (Fsp3) is 0.294. The third-order valence-electron chi connectivity index (χ3n) is 3.80. The predicted molar refractivity (Wildman–Crippen MR) is 86.4 cm³/mol. The van der Waals surface area contributed by atoms with E-state index in [0.717, 1.165) is 12.4 Å². The van der Waals surface area contributed by atoms with Gasteiger partial charge in [0.15, 0.2) is 5.82 Å². The van der Waals surface area contributed by atoms with Crippen LogP contribution in [0.4, 0.5) is 4.39 Å². The van der Waals surface area contributed by atoms with Crippen LogP contribution in [0, 0.1) is 5.82 Å². The molecule has 8 heteroatoms. The Morgan fingerprint density at radius 3 is 2.68 bits per heavy atom. The molecule has 2 aromatic rings. The van der Waals surface area contributed by atoms with Gasteiger partial charge in [0.1, 0.15) is 6.10 Å². The van der Waals surface area contributed by atoms with Crippen molar-refractivity contribution in [2.75, 3.05) is 19.6 Å². The van der Waals surface area contributed by atoms with Gasteiger partial charge in [-0.3, -0.25) is 9.59 Å². The van der Waals surface area contributed by atoms with Crippen molar-refractivity contribution < 1.29 is 18.7 Å². The zero-order valence-electron chi connectivity index (χ0n) is 13.4. The zero-order chi connectivity index (χ0) is 17.6. The van der Waals surface area contributed by atoms with Crippen LogP contribution in [-0.4, -0.2) is 52.4 Å². The number of hydrogen-bond acceptors (Lipinski definition) is 5. The third kappa shape index (κ3) is 4.50. The number of nitrogens with zero attached hydrogens (tertiary/aromatic N) is 3. The molecule has 7 nitrogen and oxygen atoms in total. The molecule has 130 valence electrons. The number of carbonyl (C=O) groups excluding carboxylic acids is 2. The Hall–Kier alpha value is -3.03. The largest absolute Gasteiger partial charge is 0.458 e. The highest BCUT2D eigenvalue weighted by Crippen LogP contribution is 2.15. The van der Waals surface area contributed by atoms with Gasteiger partial charge >= 0.3 is 6.01 Å². The fourth-order valence-electron chi connectivity index (χ4n) is 2.52. The molecule has 0 saturated carbocycles. The second-order valence-electron chi connectivity index (χ2n) is 5.60. The Bertz CT molecular complexity index is 739. The lowest BCUT2D eigenvalue weighted by Crippen LogP contribution is -2.39. The number of amides is 2. The first kappa shape index (κ1) is 16.8. The second kappa shape index (κ2) is 7.69. The molecule has 1 aliphatic rings. The number of benzene rings is 1. The van der Waals surface area contributed by atoms with E-state index in [0.29, 0.717) is 25.1 Å². The maximum absolute atomic E-state index is 12.8. The summed E-state index contributed by atoms with van der Waals surface area (Å²) in [5.74, 6) is -1.01. The first-order chi connectivity index (χ1) is 12.1. The summed E-state index contributed by atoms with van der Waals surface area (Å²) in [6.45, 7) is 0.820. The number of likely N-dealkylation sites (tertiary alicyclic amines) is 1. The van der Waals surface area contributed by atoms with Crippen LogP contribution in [0.5, 0.6) is 6.01 Å². The number of aromatic nitrogens is 2. The molecule has 1 unspecified atom stereocenters. The van der Waals surface area contributed by atoms with Crippen molar-refractivity contribution in [3.8, 4) is 6.01 Å². The molecule has 0 radical (unpaired) electrons. The number of halogens is 1. The summed E-state index contributed by atoms with van der Waals surface area (Å²) in [6, 6.07) is 8.78. The first-order valence-electron chi connectivity index (χ1n) is 7.87. The molecule has 1 fully saturated rings. The number of carbonyl (C=O) groups is 2. The summed E-state index contributed by atoms with van der Waals surface area (Å²) < 4.78 is 18.3. The third-order valence-corrected chi connectivity index (χ3v) is 3.80. The van der Waals surface area contributed by atoms with Gasteiger partial charge in [-0.05, 0) is 12.1 Å². The van der Waals surface area contributed by atoms with E-state index < -0.39 is 5.82 Å². The lowest BCUT2D eigenvalue weighted by atomic mass is 10.2. The lowest BCUT2D eigenvalue weighted by Gasteiger charge is -2.17. The van der Waals surface area contributed by atoms with Crippen LogP contribution >= 0.6 is 0 Å².